The molecule has 0 fully saturated rings. The standard InChI is InChI=1S/C23H29N3O3/c1-16(2)15-29-20-11-7-8-17(13-20)24-14-21(27)25-18-9-6-10-19(12-18)26-22(28)23(3,4)5/h6-13,24H,1,14-15H2,2-5H3,(H,25,27)(H,26,28). The van der Waals surface area contributed by atoms with Gasteiger partial charge in [-0.2, -0.15) is 0 Å². The molecule has 29 heavy (non-hydrogen) atoms. The Morgan fingerprint density at radius 3 is 2.24 bits per heavy atom. The van der Waals surface area contributed by atoms with Gasteiger partial charge in [0.05, 0.1) is 6.54 Å². The Balaban J connectivity index is 1.90. The molecule has 0 aromatic heterocycles. The third-order valence-electron chi connectivity index (χ3n) is 3.86. The third kappa shape index (κ3) is 7.70. The Morgan fingerprint density at radius 1 is 0.966 bits per heavy atom. The second-order valence-electron chi connectivity index (χ2n) is 7.96. The minimum absolute atomic E-state index is 0.0867. The highest BCUT2D eigenvalue weighted by molar-refractivity contribution is 5.97. The van der Waals surface area contributed by atoms with Gasteiger partial charge in [-0.1, -0.05) is 39.5 Å². The molecule has 0 radical (unpaired) electrons. The van der Waals surface area contributed by atoms with Gasteiger partial charge in [0.1, 0.15) is 12.4 Å². The normalized spacial score (nSPS) is 10.8. The number of carbonyl (C=O) groups is 2. The van der Waals surface area contributed by atoms with Crippen molar-refractivity contribution in [2.75, 3.05) is 29.1 Å². The summed E-state index contributed by atoms with van der Waals surface area (Å²) in [6.07, 6.45) is 0. The fraction of sp³-hybridized carbons (Fsp3) is 0.304. The van der Waals surface area contributed by atoms with E-state index in [0.717, 1.165) is 11.3 Å². The van der Waals surface area contributed by atoms with Crippen LogP contribution in [0.15, 0.2) is 60.7 Å². The number of rotatable bonds is 8. The van der Waals surface area contributed by atoms with Crippen LogP contribution in [-0.4, -0.2) is 25.0 Å². The molecule has 2 amide bonds. The Bertz CT molecular complexity index is 885. The molecule has 6 heteroatoms. The number of amides is 2. The summed E-state index contributed by atoms with van der Waals surface area (Å²) in [6, 6.07) is 14.5. The zero-order chi connectivity index (χ0) is 21.4. The molecule has 2 aromatic carbocycles. The molecule has 6 nitrogen and oxygen atoms in total. The first-order chi connectivity index (χ1) is 13.6. The van der Waals surface area contributed by atoms with Crippen LogP contribution in [0.1, 0.15) is 27.7 Å². The van der Waals surface area contributed by atoms with Gasteiger partial charge in [-0.15, -0.1) is 0 Å². The summed E-state index contributed by atoms with van der Waals surface area (Å²) in [5, 5.41) is 8.75. The van der Waals surface area contributed by atoms with Crippen molar-refractivity contribution in [3.05, 3.63) is 60.7 Å². The van der Waals surface area contributed by atoms with Gasteiger partial charge < -0.3 is 20.7 Å². The van der Waals surface area contributed by atoms with E-state index in [1.807, 2.05) is 52.0 Å². The smallest absolute Gasteiger partial charge is 0.243 e. The topological polar surface area (TPSA) is 79.5 Å². The molecule has 0 heterocycles. The zero-order valence-electron chi connectivity index (χ0n) is 17.5. The summed E-state index contributed by atoms with van der Waals surface area (Å²) in [4.78, 5) is 24.4. The second kappa shape index (κ2) is 9.78. The Morgan fingerprint density at radius 2 is 1.59 bits per heavy atom. The Labute approximate surface area is 172 Å². The lowest BCUT2D eigenvalue weighted by molar-refractivity contribution is -0.123. The Hall–Kier alpha value is -3.28. The number of anilines is 3. The number of hydrogen-bond acceptors (Lipinski definition) is 4. The zero-order valence-corrected chi connectivity index (χ0v) is 17.5. The van der Waals surface area contributed by atoms with Gasteiger partial charge in [0.15, 0.2) is 0 Å². The summed E-state index contributed by atoms with van der Waals surface area (Å²) >= 11 is 0. The van der Waals surface area contributed by atoms with Crippen LogP contribution in [0.25, 0.3) is 0 Å². The van der Waals surface area contributed by atoms with E-state index in [1.165, 1.54) is 0 Å². The molecule has 0 aliphatic heterocycles. The van der Waals surface area contributed by atoms with Crippen molar-refractivity contribution in [2.24, 2.45) is 5.41 Å². The second-order valence-corrected chi connectivity index (χ2v) is 7.96. The van der Waals surface area contributed by atoms with E-state index in [0.29, 0.717) is 23.7 Å². The number of hydrogen-bond donors (Lipinski definition) is 3. The summed E-state index contributed by atoms with van der Waals surface area (Å²) < 4.78 is 5.60. The molecule has 0 saturated carbocycles. The monoisotopic (exact) mass is 395 g/mol. The maximum Gasteiger partial charge on any atom is 0.243 e. The minimum atomic E-state index is -0.494. The van der Waals surface area contributed by atoms with E-state index in [-0.39, 0.29) is 18.4 Å². The molecule has 0 aliphatic carbocycles. The third-order valence-corrected chi connectivity index (χ3v) is 3.86. The van der Waals surface area contributed by atoms with Crippen LogP contribution in [-0.2, 0) is 9.59 Å². The number of ether oxygens (including phenoxy) is 1. The van der Waals surface area contributed by atoms with Crippen molar-refractivity contribution in [3.63, 3.8) is 0 Å². The van der Waals surface area contributed by atoms with Gasteiger partial charge >= 0.3 is 0 Å². The molecule has 0 bridgehead atoms. The van der Waals surface area contributed by atoms with E-state index in [9.17, 15) is 9.59 Å². The van der Waals surface area contributed by atoms with Crippen LogP contribution >= 0.6 is 0 Å². The molecule has 0 spiro atoms. The molecule has 3 N–H and O–H groups in total. The number of nitrogens with one attached hydrogen (secondary N) is 3. The lowest BCUT2D eigenvalue weighted by Crippen LogP contribution is -2.27. The van der Waals surface area contributed by atoms with Gasteiger partial charge in [-0.3, -0.25) is 9.59 Å². The van der Waals surface area contributed by atoms with E-state index >= 15 is 0 Å². The van der Waals surface area contributed by atoms with E-state index in [4.69, 9.17) is 4.74 Å². The first-order valence-electron chi connectivity index (χ1n) is 9.46. The maximum atomic E-state index is 12.3. The minimum Gasteiger partial charge on any atom is -0.489 e. The SMILES string of the molecule is C=C(C)COc1cccc(NCC(=O)Nc2cccc(NC(=O)C(C)(C)C)c2)c1. The van der Waals surface area contributed by atoms with Gasteiger partial charge in [0, 0.05) is 28.5 Å². The van der Waals surface area contributed by atoms with Gasteiger partial charge in [-0.25, -0.2) is 0 Å². The quantitative estimate of drug-likeness (QED) is 0.567. The lowest BCUT2D eigenvalue weighted by atomic mass is 9.95. The summed E-state index contributed by atoms with van der Waals surface area (Å²) in [6.45, 7) is 11.8. The summed E-state index contributed by atoms with van der Waals surface area (Å²) in [5.41, 5.74) is 2.47. The molecular weight excluding hydrogens is 366 g/mol. The number of carbonyl (C=O) groups excluding carboxylic acids is 2. The van der Waals surface area contributed by atoms with Gasteiger partial charge in [0.25, 0.3) is 0 Å². The number of benzene rings is 2. The first-order valence-corrected chi connectivity index (χ1v) is 9.46. The fourth-order valence-electron chi connectivity index (χ4n) is 2.28. The maximum absolute atomic E-state index is 12.3. The van der Waals surface area contributed by atoms with Crippen molar-refractivity contribution >= 4 is 28.9 Å². The average molecular weight is 396 g/mol. The van der Waals surface area contributed by atoms with Crippen LogP contribution in [0.2, 0.25) is 0 Å². The highest BCUT2D eigenvalue weighted by Gasteiger charge is 2.21. The van der Waals surface area contributed by atoms with Crippen molar-refractivity contribution in [2.45, 2.75) is 27.7 Å². The van der Waals surface area contributed by atoms with Crippen LogP contribution in [0.5, 0.6) is 5.75 Å². The molecule has 0 unspecified atom stereocenters. The molecule has 0 saturated heterocycles. The molecule has 2 aromatic rings. The fourth-order valence-corrected chi connectivity index (χ4v) is 2.28. The summed E-state index contributed by atoms with van der Waals surface area (Å²) in [7, 11) is 0. The average Bonchev–Trinajstić information content (AvgIpc) is 2.64. The first kappa shape index (κ1) is 22.0. The molecule has 154 valence electrons. The van der Waals surface area contributed by atoms with E-state index in [1.54, 1.807) is 24.3 Å². The van der Waals surface area contributed by atoms with Gasteiger partial charge in [-0.05, 0) is 42.8 Å². The molecule has 2 rings (SSSR count). The summed E-state index contributed by atoms with van der Waals surface area (Å²) in [5.74, 6) is 0.426. The highest BCUT2D eigenvalue weighted by atomic mass is 16.5. The van der Waals surface area contributed by atoms with Crippen molar-refractivity contribution in [1.29, 1.82) is 0 Å². The van der Waals surface area contributed by atoms with Gasteiger partial charge in [0.2, 0.25) is 11.8 Å². The molecule has 0 aliphatic rings. The molecular formula is C23H29N3O3. The van der Waals surface area contributed by atoms with E-state index < -0.39 is 5.41 Å². The van der Waals surface area contributed by atoms with Crippen molar-refractivity contribution < 1.29 is 14.3 Å². The van der Waals surface area contributed by atoms with Crippen LogP contribution in [0.3, 0.4) is 0 Å². The van der Waals surface area contributed by atoms with Crippen molar-refractivity contribution in [3.8, 4) is 5.75 Å². The van der Waals surface area contributed by atoms with E-state index in [2.05, 4.69) is 22.5 Å². The predicted molar refractivity (Wildman–Crippen MR) is 118 cm³/mol. The van der Waals surface area contributed by atoms with Crippen molar-refractivity contribution in [1.82, 2.24) is 0 Å². The van der Waals surface area contributed by atoms with Crippen LogP contribution in [0.4, 0.5) is 17.1 Å². The highest BCUT2D eigenvalue weighted by Crippen LogP contribution is 2.20. The Kier molecular flexibility index (Phi) is 7.42. The van der Waals surface area contributed by atoms with Crippen LogP contribution in [0, 0.1) is 5.41 Å². The largest absolute Gasteiger partial charge is 0.489 e. The molecule has 0 atom stereocenters. The predicted octanol–water partition coefficient (Wildman–Crippen LogP) is 4.68. The lowest BCUT2D eigenvalue weighted by Gasteiger charge is -2.18. The van der Waals surface area contributed by atoms with Crippen LogP contribution < -0.4 is 20.7 Å².